The predicted octanol–water partition coefficient (Wildman–Crippen LogP) is 3.04. The van der Waals surface area contributed by atoms with Crippen LogP contribution in [-0.4, -0.2) is 15.3 Å². The summed E-state index contributed by atoms with van der Waals surface area (Å²) in [5, 5.41) is 4.22. The van der Waals surface area contributed by atoms with Crippen LogP contribution in [0.1, 0.15) is 57.4 Å². The number of nitrogens with zero attached hydrogens (tertiary/aromatic N) is 2. The summed E-state index contributed by atoms with van der Waals surface area (Å²) in [7, 11) is 1.97. The van der Waals surface area contributed by atoms with Crippen molar-refractivity contribution in [2.75, 3.05) is 0 Å². The van der Waals surface area contributed by atoms with E-state index in [2.05, 4.69) is 18.2 Å². The molecule has 1 fully saturated rings. The second-order valence-electron chi connectivity index (χ2n) is 6.12. The molecule has 0 aliphatic heterocycles. The van der Waals surface area contributed by atoms with Crippen LogP contribution in [0.2, 0.25) is 0 Å². The molecule has 102 valence electrons. The maximum atomic E-state index is 6.54. The van der Waals surface area contributed by atoms with Gasteiger partial charge in [-0.1, -0.05) is 19.8 Å². The van der Waals surface area contributed by atoms with Gasteiger partial charge in [-0.05, 0) is 50.0 Å². The standard InChI is InChI=1S/C15H27N3/c1-3-4-13-5-8-15(16,9-6-13)10-7-14-11-17-18(2)12-14/h11-13H,3-10,16H2,1-2H3. The van der Waals surface area contributed by atoms with Crippen LogP contribution in [0.25, 0.3) is 0 Å². The van der Waals surface area contributed by atoms with E-state index in [1.807, 2.05) is 17.9 Å². The van der Waals surface area contributed by atoms with Gasteiger partial charge in [-0.2, -0.15) is 5.10 Å². The molecule has 1 aliphatic rings. The molecule has 0 atom stereocenters. The number of aryl methyl sites for hydroxylation is 2. The fraction of sp³-hybridized carbons (Fsp3) is 0.800. The van der Waals surface area contributed by atoms with Crippen LogP contribution in [0.4, 0.5) is 0 Å². The van der Waals surface area contributed by atoms with Gasteiger partial charge in [0.15, 0.2) is 0 Å². The Kier molecular flexibility index (Phi) is 4.44. The van der Waals surface area contributed by atoms with Crippen molar-refractivity contribution in [3.05, 3.63) is 18.0 Å². The van der Waals surface area contributed by atoms with Gasteiger partial charge >= 0.3 is 0 Å². The minimum absolute atomic E-state index is 0.0834. The molecule has 0 saturated heterocycles. The summed E-state index contributed by atoms with van der Waals surface area (Å²) in [4.78, 5) is 0. The molecule has 0 amide bonds. The first kappa shape index (κ1) is 13.6. The molecule has 0 bridgehead atoms. The quantitative estimate of drug-likeness (QED) is 0.871. The van der Waals surface area contributed by atoms with Gasteiger partial charge in [0, 0.05) is 18.8 Å². The van der Waals surface area contributed by atoms with E-state index in [-0.39, 0.29) is 5.54 Å². The van der Waals surface area contributed by atoms with Gasteiger partial charge in [0.05, 0.1) is 6.20 Å². The van der Waals surface area contributed by atoms with Crippen molar-refractivity contribution >= 4 is 0 Å². The van der Waals surface area contributed by atoms with E-state index in [9.17, 15) is 0 Å². The third kappa shape index (κ3) is 3.58. The summed E-state index contributed by atoms with van der Waals surface area (Å²) in [6.07, 6.45) is 14.0. The third-order valence-corrected chi connectivity index (χ3v) is 4.47. The second kappa shape index (κ2) is 5.87. The topological polar surface area (TPSA) is 43.8 Å². The Morgan fingerprint density at radius 2 is 2.17 bits per heavy atom. The van der Waals surface area contributed by atoms with Crippen LogP contribution >= 0.6 is 0 Å². The van der Waals surface area contributed by atoms with Crippen molar-refractivity contribution in [2.24, 2.45) is 18.7 Å². The van der Waals surface area contributed by atoms with E-state index in [0.29, 0.717) is 0 Å². The van der Waals surface area contributed by atoms with E-state index >= 15 is 0 Å². The number of rotatable bonds is 5. The molecule has 2 rings (SSSR count). The molecule has 3 nitrogen and oxygen atoms in total. The Hall–Kier alpha value is -0.830. The lowest BCUT2D eigenvalue weighted by molar-refractivity contribution is 0.213. The monoisotopic (exact) mass is 249 g/mol. The number of hydrogen-bond acceptors (Lipinski definition) is 2. The van der Waals surface area contributed by atoms with E-state index in [1.165, 1.54) is 44.1 Å². The largest absolute Gasteiger partial charge is 0.325 e. The lowest BCUT2D eigenvalue weighted by Gasteiger charge is -2.37. The highest BCUT2D eigenvalue weighted by Crippen LogP contribution is 2.35. The molecule has 0 radical (unpaired) electrons. The molecule has 0 spiro atoms. The average Bonchev–Trinajstić information content (AvgIpc) is 2.77. The summed E-state index contributed by atoms with van der Waals surface area (Å²) < 4.78 is 1.87. The van der Waals surface area contributed by atoms with Gasteiger partial charge in [-0.3, -0.25) is 4.68 Å². The lowest BCUT2D eigenvalue weighted by atomic mass is 9.73. The van der Waals surface area contributed by atoms with Crippen LogP contribution < -0.4 is 5.73 Å². The number of nitrogens with two attached hydrogens (primary N) is 1. The Labute approximate surface area is 111 Å². The lowest BCUT2D eigenvalue weighted by Crippen LogP contribution is -2.43. The molecular formula is C15H27N3. The Balaban J connectivity index is 1.79. The summed E-state index contributed by atoms with van der Waals surface area (Å²) in [6.45, 7) is 2.28. The zero-order valence-electron chi connectivity index (χ0n) is 11.9. The molecule has 1 aliphatic carbocycles. The van der Waals surface area contributed by atoms with Crippen molar-refractivity contribution in [3.63, 3.8) is 0 Å². The molecule has 1 aromatic rings. The van der Waals surface area contributed by atoms with E-state index < -0.39 is 0 Å². The molecule has 2 N–H and O–H groups in total. The van der Waals surface area contributed by atoms with Crippen molar-refractivity contribution in [1.82, 2.24) is 9.78 Å². The normalized spacial score (nSPS) is 28.5. The van der Waals surface area contributed by atoms with E-state index in [0.717, 1.165) is 18.8 Å². The average molecular weight is 249 g/mol. The van der Waals surface area contributed by atoms with E-state index in [4.69, 9.17) is 5.73 Å². The Bertz CT molecular complexity index is 362. The molecule has 3 heteroatoms. The fourth-order valence-electron chi connectivity index (χ4n) is 3.19. The Morgan fingerprint density at radius 1 is 1.44 bits per heavy atom. The van der Waals surface area contributed by atoms with Gasteiger partial charge in [0.2, 0.25) is 0 Å². The minimum atomic E-state index is 0.0834. The van der Waals surface area contributed by atoms with Gasteiger partial charge in [0.25, 0.3) is 0 Å². The van der Waals surface area contributed by atoms with Crippen LogP contribution in [0, 0.1) is 5.92 Å². The van der Waals surface area contributed by atoms with E-state index in [1.54, 1.807) is 0 Å². The van der Waals surface area contributed by atoms with Crippen molar-refractivity contribution in [1.29, 1.82) is 0 Å². The van der Waals surface area contributed by atoms with Gasteiger partial charge < -0.3 is 5.73 Å². The molecule has 1 aromatic heterocycles. The molecule has 1 heterocycles. The van der Waals surface area contributed by atoms with Gasteiger partial charge in [-0.15, -0.1) is 0 Å². The highest BCUT2D eigenvalue weighted by Gasteiger charge is 2.30. The maximum absolute atomic E-state index is 6.54. The van der Waals surface area contributed by atoms with Crippen LogP contribution in [-0.2, 0) is 13.5 Å². The number of hydrogen-bond donors (Lipinski definition) is 1. The highest BCUT2D eigenvalue weighted by atomic mass is 15.2. The van der Waals surface area contributed by atoms with Gasteiger partial charge in [0.1, 0.15) is 0 Å². The smallest absolute Gasteiger partial charge is 0.0521 e. The number of aromatic nitrogens is 2. The predicted molar refractivity (Wildman–Crippen MR) is 75.3 cm³/mol. The van der Waals surface area contributed by atoms with Gasteiger partial charge in [-0.25, -0.2) is 0 Å². The molecule has 18 heavy (non-hydrogen) atoms. The van der Waals surface area contributed by atoms with Crippen molar-refractivity contribution < 1.29 is 0 Å². The van der Waals surface area contributed by atoms with Crippen molar-refractivity contribution in [3.8, 4) is 0 Å². The zero-order chi connectivity index (χ0) is 13.0. The first-order valence-electron chi connectivity index (χ1n) is 7.38. The summed E-state index contributed by atoms with van der Waals surface area (Å²) >= 11 is 0. The summed E-state index contributed by atoms with van der Waals surface area (Å²) in [5.74, 6) is 0.935. The third-order valence-electron chi connectivity index (χ3n) is 4.47. The second-order valence-corrected chi connectivity index (χ2v) is 6.12. The summed E-state index contributed by atoms with van der Waals surface area (Å²) in [6, 6.07) is 0. The fourth-order valence-corrected chi connectivity index (χ4v) is 3.19. The zero-order valence-corrected chi connectivity index (χ0v) is 11.9. The van der Waals surface area contributed by atoms with Crippen LogP contribution in [0.15, 0.2) is 12.4 Å². The SMILES string of the molecule is CCCC1CCC(N)(CCc2cnn(C)c2)CC1. The van der Waals surface area contributed by atoms with Crippen LogP contribution in [0.5, 0.6) is 0 Å². The first-order chi connectivity index (χ1) is 8.61. The summed E-state index contributed by atoms with van der Waals surface area (Å²) in [5.41, 5.74) is 7.95. The molecule has 1 saturated carbocycles. The first-order valence-corrected chi connectivity index (χ1v) is 7.38. The van der Waals surface area contributed by atoms with Crippen molar-refractivity contribution in [2.45, 2.75) is 63.8 Å². The highest BCUT2D eigenvalue weighted by molar-refractivity contribution is 5.05. The molecule has 0 aromatic carbocycles. The Morgan fingerprint density at radius 3 is 2.72 bits per heavy atom. The van der Waals surface area contributed by atoms with Crippen LogP contribution in [0.3, 0.4) is 0 Å². The molecule has 0 unspecified atom stereocenters. The minimum Gasteiger partial charge on any atom is -0.325 e. The molecular weight excluding hydrogens is 222 g/mol. The maximum Gasteiger partial charge on any atom is 0.0521 e.